The zero-order valence-electron chi connectivity index (χ0n) is 26.6. The summed E-state index contributed by atoms with van der Waals surface area (Å²) >= 11 is 0. The highest BCUT2D eigenvalue weighted by atomic mass is 16.6. The third-order valence-corrected chi connectivity index (χ3v) is 9.84. The summed E-state index contributed by atoms with van der Waals surface area (Å²) in [5.74, 6) is 0.752. The molecule has 232 valence electrons. The minimum atomic E-state index is 0.641. The zero-order chi connectivity index (χ0) is 33.3. The SMILES string of the molecule is N#Cc1ccc2c(c1)c1ccccc1n2-c1cccc(-c2ccc3c(c2)-c2cc(-n4c5ccccc5c5cc(C#N)ccc54)ccc2ON3)c1. The predicted octanol–water partition coefficient (Wildman–Crippen LogP) is 10.7. The molecule has 1 N–H and O–H groups in total. The van der Waals surface area contributed by atoms with Crippen LogP contribution in [0.15, 0.2) is 146 Å². The van der Waals surface area contributed by atoms with Gasteiger partial charge in [0.25, 0.3) is 0 Å². The van der Waals surface area contributed by atoms with Crippen molar-refractivity contribution in [3.05, 3.63) is 157 Å². The van der Waals surface area contributed by atoms with Crippen molar-refractivity contribution < 1.29 is 4.84 Å². The lowest BCUT2D eigenvalue weighted by Crippen LogP contribution is -2.12. The number of anilines is 1. The molecule has 3 heterocycles. The van der Waals surface area contributed by atoms with Crippen molar-refractivity contribution in [2.75, 3.05) is 5.48 Å². The number of nitrogens with zero attached hydrogens (tertiary/aromatic N) is 4. The van der Waals surface area contributed by atoms with Gasteiger partial charge >= 0.3 is 0 Å². The van der Waals surface area contributed by atoms with E-state index in [4.69, 9.17) is 4.84 Å². The Morgan fingerprint density at radius 3 is 1.72 bits per heavy atom. The average Bonchev–Trinajstić information content (AvgIpc) is 3.69. The Morgan fingerprint density at radius 1 is 0.460 bits per heavy atom. The summed E-state index contributed by atoms with van der Waals surface area (Å²) in [7, 11) is 0. The molecule has 0 saturated carbocycles. The molecular formula is C44H25N5O. The first-order valence-electron chi connectivity index (χ1n) is 16.4. The maximum absolute atomic E-state index is 9.60. The first-order valence-corrected chi connectivity index (χ1v) is 16.4. The normalized spacial score (nSPS) is 11.9. The molecule has 0 bridgehead atoms. The number of hydrogen-bond donors (Lipinski definition) is 1. The third-order valence-electron chi connectivity index (χ3n) is 9.84. The van der Waals surface area contributed by atoms with E-state index < -0.39 is 0 Å². The van der Waals surface area contributed by atoms with Crippen LogP contribution in [0.5, 0.6) is 5.75 Å². The molecule has 2 aromatic heterocycles. The van der Waals surface area contributed by atoms with Gasteiger partial charge in [0.2, 0.25) is 0 Å². The fourth-order valence-electron chi connectivity index (χ4n) is 7.57. The Hall–Kier alpha value is -7.28. The van der Waals surface area contributed by atoms with Crippen molar-refractivity contribution in [3.8, 4) is 51.5 Å². The number of nitrogens with one attached hydrogen (secondary N) is 1. The monoisotopic (exact) mass is 639 g/mol. The molecule has 0 atom stereocenters. The zero-order valence-corrected chi connectivity index (χ0v) is 26.6. The minimum absolute atomic E-state index is 0.641. The molecule has 1 aliphatic rings. The van der Waals surface area contributed by atoms with E-state index in [1.165, 1.54) is 0 Å². The quantitative estimate of drug-likeness (QED) is 0.209. The second-order valence-electron chi connectivity index (χ2n) is 12.6. The van der Waals surface area contributed by atoms with Gasteiger partial charge in [0.1, 0.15) is 0 Å². The summed E-state index contributed by atoms with van der Waals surface area (Å²) in [6, 6.07) is 54.3. The number of aromatic nitrogens is 2. The smallest absolute Gasteiger partial charge is 0.163 e. The summed E-state index contributed by atoms with van der Waals surface area (Å²) in [4.78, 5) is 6.02. The highest BCUT2D eigenvalue weighted by Crippen LogP contribution is 2.44. The van der Waals surface area contributed by atoms with Crippen LogP contribution < -0.4 is 10.3 Å². The topological polar surface area (TPSA) is 78.7 Å². The second-order valence-corrected chi connectivity index (χ2v) is 12.6. The van der Waals surface area contributed by atoms with Gasteiger partial charge in [0.05, 0.1) is 51.0 Å². The highest BCUT2D eigenvalue weighted by molar-refractivity contribution is 6.11. The van der Waals surface area contributed by atoms with Gasteiger partial charge in [-0.1, -0.05) is 54.6 Å². The van der Waals surface area contributed by atoms with Gasteiger partial charge in [-0.25, -0.2) is 5.48 Å². The van der Waals surface area contributed by atoms with Crippen LogP contribution in [0.3, 0.4) is 0 Å². The van der Waals surface area contributed by atoms with E-state index in [-0.39, 0.29) is 0 Å². The standard InChI is InChI=1S/C44H25N5O/c45-25-27-12-17-42-36(20-27)33-8-1-3-10-40(33)48(42)31-7-5-6-29(22-31)30-14-16-39-35(23-30)38-24-32(15-19-44(38)50-47-39)49-41-11-4-2-9-34(41)37-21-28(26-46)13-18-43(37)49/h1-24,47H. The molecule has 0 radical (unpaired) electrons. The van der Waals surface area contributed by atoms with Crippen LogP contribution in [-0.4, -0.2) is 9.13 Å². The Kier molecular flexibility index (Phi) is 5.90. The number of rotatable bonds is 3. The fourth-order valence-corrected chi connectivity index (χ4v) is 7.57. The van der Waals surface area contributed by atoms with Crippen LogP contribution in [0.1, 0.15) is 11.1 Å². The van der Waals surface area contributed by atoms with Gasteiger partial charge in [0, 0.05) is 44.0 Å². The van der Waals surface area contributed by atoms with Gasteiger partial charge in [-0.05, 0) is 102 Å². The van der Waals surface area contributed by atoms with Crippen LogP contribution in [0.4, 0.5) is 5.69 Å². The number of nitriles is 2. The number of benzene rings is 7. The highest BCUT2D eigenvalue weighted by Gasteiger charge is 2.21. The molecule has 0 aliphatic carbocycles. The van der Waals surface area contributed by atoms with E-state index >= 15 is 0 Å². The van der Waals surface area contributed by atoms with E-state index in [9.17, 15) is 10.5 Å². The molecule has 10 rings (SSSR count). The fraction of sp³-hybridized carbons (Fsp3) is 0. The van der Waals surface area contributed by atoms with E-state index in [0.717, 1.165) is 88.7 Å². The lowest BCUT2D eigenvalue weighted by atomic mass is 9.95. The Morgan fingerprint density at radius 2 is 1.06 bits per heavy atom. The van der Waals surface area contributed by atoms with Gasteiger partial charge < -0.3 is 14.0 Å². The van der Waals surface area contributed by atoms with Crippen molar-refractivity contribution in [1.29, 1.82) is 10.5 Å². The molecular weight excluding hydrogens is 615 g/mol. The van der Waals surface area contributed by atoms with Gasteiger partial charge in [-0.2, -0.15) is 10.5 Å². The van der Waals surface area contributed by atoms with Crippen molar-refractivity contribution in [2.45, 2.75) is 0 Å². The largest absolute Gasteiger partial charge is 0.381 e. The summed E-state index contributed by atoms with van der Waals surface area (Å²) in [5, 5.41) is 23.5. The molecule has 6 heteroatoms. The third kappa shape index (κ3) is 4.06. The molecule has 0 spiro atoms. The number of hydrogen-bond acceptors (Lipinski definition) is 4. The predicted molar refractivity (Wildman–Crippen MR) is 200 cm³/mol. The Balaban J connectivity index is 1.11. The molecule has 0 fully saturated rings. The second kappa shape index (κ2) is 10.6. The van der Waals surface area contributed by atoms with Crippen LogP contribution in [0, 0.1) is 22.7 Å². The van der Waals surface area contributed by atoms with Crippen LogP contribution in [-0.2, 0) is 0 Å². The summed E-state index contributed by atoms with van der Waals surface area (Å²) in [6.07, 6.45) is 0. The van der Waals surface area contributed by atoms with E-state index in [1.807, 2.05) is 60.7 Å². The molecule has 0 unspecified atom stereocenters. The Bertz CT molecular complexity index is 2970. The van der Waals surface area contributed by atoms with Crippen LogP contribution in [0.2, 0.25) is 0 Å². The van der Waals surface area contributed by atoms with Crippen LogP contribution in [0.25, 0.3) is 77.2 Å². The maximum atomic E-state index is 9.60. The van der Waals surface area contributed by atoms with Gasteiger partial charge in [-0.15, -0.1) is 0 Å². The van der Waals surface area contributed by atoms with Crippen molar-refractivity contribution in [1.82, 2.24) is 9.13 Å². The van der Waals surface area contributed by atoms with E-state index in [1.54, 1.807) is 0 Å². The number of para-hydroxylation sites is 2. The molecule has 1 aliphatic heterocycles. The minimum Gasteiger partial charge on any atom is -0.381 e. The summed E-state index contributed by atoms with van der Waals surface area (Å²) < 4.78 is 4.53. The lowest BCUT2D eigenvalue weighted by molar-refractivity contribution is 0.402. The van der Waals surface area contributed by atoms with Gasteiger partial charge in [0.15, 0.2) is 5.75 Å². The Labute approximate surface area is 286 Å². The van der Waals surface area contributed by atoms with Crippen molar-refractivity contribution in [3.63, 3.8) is 0 Å². The van der Waals surface area contributed by atoms with E-state index in [2.05, 4.69) is 112 Å². The first-order chi connectivity index (χ1) is 24.7. The molecule has 6 nitrogen and oxygen atoms in total. The van der Waals surface area contributed by atoms with E-state index in [0.29, 0.717) is 11.1 Å². The van der Waals surface area contributed by atoms with Gasteiger partial charge in [-0.3, -0.25) is 0 Å². The molecule has 7 aromatic carbocycles. The molecule has 9 aromatic rings. The number of fused-ring (bicyclic) bond motifs is 9. The van der Waals surface area contributed by atoms with Crippen LogP contribution >= 0.6 is 0 Å². The lowest BCUT2D eigenvalue weighted by Gasteiger charge is -2.23. The van der Waals surface area contributed by atoms with Crippen molar-refractivity contribution >= 4 is 49.3 Å². The first kappa shape index (κ1) is 27.8. The average molecular weight is 640 g/mol. The molecule has 0 saturated heterocycles. The molecule has 50 heavy (non-hydrogen) atoms. The van der Waals surface area contributed by atoms with Crippen molar-refractivity contribution in [2.24, 2.45) is 0 Å². The summed E-state index contributed by atoms with van der Waals surface area (Å²) in [6.45, 7) is 0. The maximum Gasteiger partial charge on any atom is 0.163 e. The molecule has 0 amide bonds. The summed E-state index contributed by atoms with van der Waals surface area (Å²) in [5.41, 5.74) is 15.9.